The number of aliphatic carboxylic acids is 1. The molecule has 3 amide bonds. The maximum Gasteiger partial charge on any atom is 0.408 e. The number of benzene rings is 1. The molecule has 1 aromatic carbocycles. The first-order valence-corrected chi connectivity index (χ1v) is 9.04. The van der Waals surface area contributed by atoms with Crippen LogP contribution in [-0.4, -0.2) is 52.1 Å². The molecule has 1 aliphatic rings. The van der Waals surface area contributed by atoms with Crippen molar-refractivity contribution in [3.8, 4) is 0 Å². The number of fused-ring (bicyclic) bond motifs is 1. The molecule has 0 fully saturated rings. The predicted octanol–water partition coefficient (Wildman–Crippen LogP) is 2.89. The minimum Gasteiger partial charge on any atom is -0.479 e. The first kappa shape index (κ1) is 22.1. The third-order valence-electron chi connectivity index (χ3n) is 3.99. The van der Waals surface area contributed by atoms with E-state index in [1.165, 1.54) is 0 Å². The lowest BCUT2D eigenvalue weighted by Crippen LogP contribution is -2.43. The monoisotopic (exact) mass is 406 g/mol. The molecule has 0 aliphatic carbocycles. The zero-order valence-corrected chi connectivity index (χ0v) is 16.4. The number of hydrogen-bond donors (Lipinski definition) is 2. The summed E-state index contributed by atoms with van der Waals surface area (Å²) in [6, 6.07) is 4.57. The number of unbranched alkanes of at least 4 members (excludes halogenated alkanes) is 1. The Labute approximate surface area is 167 Å². The minimum absolute atomic E-state index is 0.0629. The summed E-state index contributed by atoms with van der Waals surface area (Å²) in [5.41, 5.74) is -0.210. The number of carbonyl (C=O) groups excluding carboxylic acids is 3. The van der Waals surface area contributed by atoms with Crippen molar-refractivity contribution >= 4 is 23.9 Å². The maximum atomic E-state index is 14.2. The van der Waals surface area contributed by atoms with Gasteiger partial charge < -0.3 is 15.2 Å². The highest BCUT2D eigenvalue weighted by molar-refractivity contribution is 6.21. The number of alkyl carbamates (subject to hydrolysis) is 1. The zero-order valence-electron chi connectivity index (χ0n) is 16.4. The molecule has 0 bridgehead atoms. The van der Waals surface area contributed by atoms with Crippen molar-refractivity contribution in [2.75, 3.05) is 6.54 Å². The van der Waals surface area contributed by atoms with E-state index in [2.05, 4.69) is 0 Å². The molecule has 1 heterocycles. The Morgan fingerprint density at radius 3 is 2.24 bits per heavy atom. The Balaban J connectivity index is 1.91. The molecule has 2 rings (SSSR count). The first-order valence-electron chi connectivity index (χ1n) is 9.04. The van der Waals surface area contributed by atoms with E-state index in [9.17, 15) is 23.6 Å². The molecule has 1 aromatic rings. The summed E-state index contributed by atoms with van der Waals surface area (Å²) in [5.74, 6) is -3.47. The van der Waals surface area contributed by atoms with Crippen molar-refractivity contribution in [3.05, 3.63) is 47.3 Å². The topological polar surface area (TPSA) is 113 Å². The van der Waals surface area contributed by atoms with Gasteiger partial charge in [0.05, 0.1) is 11.1 Å². The van der Waals surface area contributed by atoms with Crippen LogP contribution in [0.1, 0.15) is 54.3 Å². The summed E-state index contributed by atoms with van der Waals surface area (Å²) >= 11 is 0. The highest BCUT2D eigenvalue weighted by Gasteiger charge is 2.34. The van der Waals surface area contributed by atoms with Crippen molar-refractivity contribution in [2.45, 2.75) is 45.3 Å². The van der Waals surface area contributed by atoms with E-state index in [-0.39, 0.29) is 19.4 Å². The number of nitrogens with one attached hydrogen (secondary N) is 1. The molecular weight excluding hydrogens is 383 g/mol. The summed E-state index contributed by atoms with van der Waals surface area (Å²) in [6.45, 7) is 4.84. The molecule has 29 heavy (non-hydrogen) atoms. The van der Waals surface area contributed by atoms with Crippen molar-refractivity contribution in [2.24, 2.45) is 0 Å². The van der Waals surface area contributed by atoms with E-state index in [0.29, 0.717) is 11.1 Å². The fourth-order valence-corrected chi connectivity index (χ4v) is 2.72. The van der Waals surface area contributed by atoms with Crippen molar-refractivity contribution in [1.82, 2.24) is 10.2 Å². The first-order chi connectivity index (χ1) is 13.5. The van der Waals surface area contributed by atoms with Crippen LogP contribution in [-0.2, 0) is 9.53 Å². The molecule has 156 valence electrons. The SMILES string of the molecule is CC(C)(C)OC(=O)NC(C(=O)O)/C(F)=C/CCCN1C(=O)c2ccccc2C1=O. The number of hydrogen-bond acceptors (Lipinski definition) is 5. The van der Waals surface area contributed by atoms with Crippen LogP contribution in [0.3, 0.4) is 0 Å². The van der Waals surface area contributed by atoms with Gasteiger partial charge in [0.2, 0.25) is 0 Å². The Hall–Kier alpha value is -3.23. The quantitative estimate of drug-likeness (QED) is 0.532. The average molecular weight is 406 g/mol. The summed E-state index contributed by atoms with van der Waals surface area (Å²) in [7, 11) is 0. The lowest BCUT2D eigenvalue weighted by molar-refractivity contribution is -0.138. The molecular formula is C20H23FN2O6. The van der Waals surface area contributed by atoms with Gasteiger partial charge >= 0.3 is 12.1 Å². The number of carboxylic acids is 1. The summed E-state index contributed by atoms with van der Waals surface area (Å²) in [5, 5.41) is 11.1. The van der Waals surface area contributed by atoms with Crippen LogP contribution >= 0.6 is 0 Å². The summed E-state index contributed by atoms with van der Waals surface area (Å²) in [6.07, 6.45) is 0.254. The standard InChI is InChI=1S/C20H23FN2O6/c1-20(2,3)29-19(28)22-15(18(26)27)14(21)10-6-7-11-23-16(24)12-8-4-5-9-13(12)17(23)25/h4-5,8-10,15H,6-7,11H2,1-3H3,(H,22,28)(H,26,27)/b14-10-. The fraction of sp³-hybridized carbons (Fsp3) is 0.400. The minimum atomic E-state index is -1.89. The van der Waals surface area contributed by atoms with Crippen molar-refractivity contribution in [3.63, 3.8) is 0 Å². The number of imide groups is 1. The van der Waals surface area contributed by atoms with Gasteiger partial charge in [-0.2, -0.15) is 0 Å². The zero-order chi connectivity index (χ0) is 21.8. The van der Waals surface area contributed by atoms with Crippen LogP contribution in [0, 0.1) is 0 Å². The third kappa shape index (κ3) is 5.63. The third-order valence-corrected chi connectivity index (χ3v) is 3.99. The van der Waals surface area contributed by atoms with Gasteiger partial charge in [-0.1, -0.05) is 18.2 Å². The Morgan fingerprint density at radius 1 is 1.21 bits per heavy atom. The van der Waals surface area contributed by atoms with E-state index in [4.69, 9.17) is 9.84 Å². The van der Waals surface area contributed by atoms with Gasteiger partial charge in [-0.05, 0) is 45.7 Å². The van der Waals surface area contributed by atoms with Crippen LogP contribution in [0.25, 0.3) is 0 Å². The predicted molar refractivity (Wildman–Crippen MR) is 101 cm³/mol. The van der Waals surface area contributed by atoms with Crippen LogP contribution in [0.15, 0.2) is 36.2 Å². The average Bonchev–Trinajstić information content (AvgIpc) is 2.86. The smallest absolute Gasteiger partial charge is 0.408 e. The maximum absolute atomic E-state index is 14.2. The molecule has 0 saturated carbocycles. The number of carboxylic acid groups (broad SMARTS) is 1. The molecule has 0 aromatic heterocycles. The largest absolute Gasteiger partial charge is 0.479 e. The molecule has 1 atom stereocenters. The molecule has 0 saturated heterocycles. The molecule has 1 unspecified atom stereocenters. The summed E-state index contributed by atoms with van der Waals surface area (Å²) < 4.78 is 19.2. The number of nitrogens with zero attached hydrogens (tertiary/aromatic N) is 1. The van der Waals surface area contributed by atoms with Gasteiger partial charge in [0.25, 0.3) is 11.8 Å². The second-order valence-corrected chi connectivity index (χ2v) is 7.46. The van der Waals surface area contributed by atoms with E-state index in [0.717, 1.165) is 11.0 Å². The van der Waals surface area contributed by atoms with E-state index < -0.39 is 41.3 Å². The molecule has 1 aliphatic heterocycles. The van der Waals surface area contributed by atoms with Gasteiger partial charge in [-0.25, -0.2) is 14.0 Å². The number of ether oxygens (including phenoxy) is 1. The van der Waals surface area contributed by atoms with Crippen LogP contribution < -0.4 is 5.32 Å². The molecule has 9 heteroatoms. The van der Waals surface area contributed by atoms with Gasteiger partial charge in [0, 0.05) is 6.54 Å². The number of amides is 3. The normalized spacial score (nSPS) is 15.2. The number of halogens is 1. The number of carbonyl (C=O) groups is 4. The molecule has 8 nitrogen and oxygen atoms in total. The molecule has 2 N–H and O–H groups in total. The van der Waals surface area contributed by atoms with E-state index >= 15 is 0 Å². The molecule has 0 spiro atoms. The van der Waals surface area contributed by atoms with Crippen LogP contribution in [0.5, 0.6) is 0 Å². The lowest BCUT2D eigenvalue weighted by Gasteiger charge is -2.21. The van der Waals surface area contributed by atoms with Crippen LogP contribution in [0.2, 0.25) is 0 Å². The Morgan fingerprint density at radius 2 is 1.76 bits per heavy atom. The highest BCUT2D eigenvalue weighted by Crippen LogP contribution is 2.22. The van der Waals surface area contributed by atoms with Gasteiger partial charge in [0.1, 0.15) is 11.4 Å². The Bertz CT molecular complexity index is 824. The second kappa shape index (κ2) is 8.85. The lowest BCUT2D eigenvalue weighted by atomic mass is 10.1. The van der Waals surface area contributed by atoms with Crippen molar-refractivity contribution in [1.29, 1.82) is 0 Å². The van der Waals surface area contributed by atoms with Gasteiger partial charge in [-0.15, -0.1) is 0 Å². The number of allylic oxidation sites excluding steroid dienone is 1. The van der Waals surface area contributed by atoms with E-state index in [1.807, 2.05) is 5.32 Å². The Kier molecular flexibility index (Phi) is 6.73. The molecule has 0 radical (unpaired) electrons. The van der Waals surface area contributed by atoms with Gasteiger partial charge in [0.15, 0.2) is 6.04 Å². The highest BCUT2D eigenvalue weighted by atomic mass is 19.1. The summed E-state index contributed by atoms with van der Waals surface area (Å²) in [4.78, 5) is 48.5. The fourth-order valence-electron chi connectivity index (χ4n) is 2.72. The van der Waals surface area contributed by atoms with E-state index in [1.54, 1.807) is 45.0 Å². The van der Waals surface area contributed by atoms with Crippen molar-refractivity contribution < 1.29 is 33.4 Å². The van der Waals surface area contributed by atoms with Crippen LogP contribution in [0.4, 0.5) is 9.18 Å². The van der Waals surface area contributed by atoms with Gasteiger partial charge in [-0.3, -0.25) is 14.5 Å². The number of rotatable bonds is 7. The second-order valence-electron chi connectivity index (χ2n) is 7.46.